The summed E-state index contributed by atoms with van der Waals surface area (Å²) >= 11 is 0. The molecular weight excluding hydrogens is 323 g/mol. The Balaban J connectivity index is 2.32. The average Bonchev–Trinajstić information content (AvgIpc) is 2.53. The number of para-hydroxylation sites is 1. The maximum absolute atomic E-state index is 13.0. The van der Waals surface area contributed by atoms with Crippen LogP contribution >= 0.6 is 0 Å². The monoisotopic (exact) mass is 335 g/mol. The van der Waals surface area contributed by atoms with Gasteiger partial charge >= 0.3 is 12.1 Å². The summed E-state index contributed by atoms with van der Waals surface area (Å²) < 4.78 is 43.8. The van der Waals surface area contributed by atoms with Crippen molar-refractivity contribution in [3.05, 3.63) is 71.3 Å². The molecule has 2 rings (SSSR count). The van der Waals surface area contributed by atoms with E-state index in [0.29, 0.717) is 11.6 Å². The fraction of sp³-hybridized carbons (Fsp3) is 0.0588. The van der Waals surface area contributed by atoms with E-state index in [1.807, 2.05) is 0 Å². The summed E-state index contributed by atoms with van der Waals surface area (Å²) in [6.45, 7) is 0. The highest BCUT2D eigenvalue weighted by Gasteiger charge is 2.36. The van der Waals surface area contributed by atoms with E-state index >= 15 is 0 Å². The van der Waals surface area contributed by atoms with E-state index < -0.39 is 34.9 Å². The topological polar surface area (TPSA) is 69.4 Å². The van der Waals surface area contributed by atoms with Gasteiger partial charge in [0.25, 0.3) is 5.91 Å². The second kappa shape index (κ2) is 6.99. The molecule has 0 heterocycles. The fourth-order valence-electron chi connectivity index (χ4n) is 1.93. The van der Waals surface area contributed by atoms with Gasteiger partial charge in [0, 0.05) is 6.08 Å². The number of esters is 1. The van der Waals surface area contributed by atoms with Crippen LogP contribution in [0.1, 0.15) is 21.5 Å². The predicted molar refractivity (Wildman–Crippen MR) is 81.1 cm³/mol. The molecule has 0 fully saturated rings. The van der Waals surface area contributed by atoms with Crippen molar-refractivity contribution >= 4 is 18.0 Å². The first kappa shape index (κ1) is 17.3. The molecule has 0 bridgehead atoms. The third-order valence-corrected chi connectivity index (χ3v) is 3.00. The second-order valence-electron chi connectivity index (χ2n) is 4.71. The third-order valence-electron chi connectivity index (χ3n) is 3.00. The lowest BCUT2D eigenvalue weighted by atomic mass is 10.1. The summed E-state index contributed by atoms with van der Waals surface area (Å²) in [5.41, 5.74) is 3.94. The van der Waals surface area contributed by atoms with Gasteiger partial charge in [-0.1, -0.05) is 36.4 Å². The first-order valence-corrected chi connectivity index (χ1v) is 6.74. The Hall–Kier alpha value is -3.09. The van der Waals surface area contributed by atoms with Crippen LogP contribution in [0.15, 0.2) is 54.6 Å². The van der Waals surface area contributed by atoms with Crippen LogP contribution in [0.3, 0.4) is 0 Å². The Kier molecular flexibility index (Phi) is 5.03. The number of halogens is 3. The molecule has 7 heteroatoms. The standard InChI is InChI=1S/C17H12F3NO3/c18-17(19,20)13-8-4-7-12(16(21)23)15(13)24-14(22)10-9-11-5-2-1-3-6-11/h1-10H,(H2,21,23). The summed E-state index contributed by atoms with van der Waals surface area (Å²) in [5, 5.41) is 0. The lowest BCUT2D eigenvalue weighted by molar-refractivity contribution is -0.140. The Morgan fingerprint density at radius 2 is 1.67 bits per heavy atom. The summed E-state index contributed by atoms with van der Waals surface area (Å²) in [6.07, 6.45) is -2.46. The van der Waals surface area contributed by atoms with Crippen molar-refractivity contribution in [3.8, 4) is 5.75 Å². The SMILES string of the molecule is NC(=O)c1cccc(C(F)(F)F)c1OC(=O)C=Cc1ccccc1. The van der Waals surface area contributed by atoms with Gasteiger partial charge in [0.05, 0.1) is 11.1 Å². The summed E-state index contributed by atoms with van der Waals surface area (Å²) in [6, 6.07) is 11.4. The number of rotatable bonds is 4. The van der Waals surface area contributed by atoms with Gasteiger partial charge in [-0.25, -0.2) is 4.79 Å². The molecule has 24 heavy (non-hydrogen) atoms. The summed E-state index contributed by atoms with van der Waals surface area (Å²) in [4.78, 5) is 23.1. The van der Waals surface area contributed by atoms with Crippen LogP contribution in [-0.4, -0.2) is 11.9 Å². The van der Waals surface area contributed by atoms with Gasteiger partial charge in [-0.15, -0.1) is 0 Å². The van der Waals surface area contributed by atoms with E-state index in [1.54, 1.807) is 30.3 Å². The van der Waals surface area contributed by atoms with E-state index in [4.69, 9.17) is 10.5 Å². The van der Waals surface area contributed by atoms with Crippen LogP contribution in [0, 0.1) is 0 Å². The maximum Gasteiger partial charge on any atom is 0.420 e. The highest BCUT2D eigenvalue weighted by atomic mass is 19.4. The van der Waals surface area contributed by atoms with Gasteiger partial charge < -0.3 is 10.5 Å². The number of primary amides is 1. The number of benzene rings is 2. The largest absolute Gasteiger partial charge is 0.422 e. The molecule has 4 nitrogen and oxygen atoms in total. The Morgan fingerprint density at radius 1 is 1.00 bits per heavy atom. The van der Waals surface area contributed by atoms with Crippen LogP contribution in [-0.2, 0) is 11.0 Å². The number of nitrogens with two attached hydrogens (primary N) is 1. The first-order valence-electron chi connectivity index (χ1n) is 6.74. The molecule has 2 aromatic carbocycles. The molecule has 0 aliphatic carbocycles. The van der Waals surface area contributed by atoms with Crippen LogP contribution in [0.25, 0.3) is 6.08 Å². The zero-order valence-electron chi connectivity index (χ0n) is 12.2. The quantitative estimate of drug-likeness (QED) is 0.529. The molecule has 0 aliphatic rings. The molecule has 2 aromatic rings. The van der Waals surface area contributed by atoms with Gasteiger partial charge in [-0.2, -0.15) is 13.2 Å². The minimum Gasteiger partial charge on any atom is -0.422 e. The Labute approximate surface area is 135 Å². The molecule has 0 aromatic heterocycles. The zero-order valence-corrected chi connectivity index (χ0v) is 12.2. The van der Waals surface area contributed by atoms with Crippen molar-refractivity contribution in [2.75, 3.05) is 0 Å². The summed E-state index contributed by atoms with van der Waals surface area (Å²) in [5.74, 6) is -3.09. The fourth-order valence-corrected chi connectivity index (χ4v) is 1.93. The molecule has 124 valence electrons. The van der Waals surface area contributed by atoms with E-state index in [-0.39, 0.29) is 0 Å². The van der Waals surface area contributed by atoms with Crippen molar-refractivity contribution < 1.29 is 27.5 Å². The zero-order chi connectivity index (χ0) is 17.7. The lowest BCUT2D eigenvalue weighted by Gasteiger charge is -2.14. The van der Waals surface area contributed by atoms with Gasteiger partial charge in [0.1, 0.15) is 0 Å². The van der Waals surface area contributed by atoms with Gasteiger partial charge in [-0.3, -0.25) is 4.79 Å². The molecule has 0 aliphatic heterocycles. The van der Waals surface area contributed by atoms with Gasteiger partial charge in [0.15, 0.2) is 5.75 Å². The number of amides is 1. The van der Waals surface area contributed by atoms with Crippen LogP contribution in [0.5, 0.6) is 5.75 Å². The van der Waals surface area contributed by atoms with Crippen molar-refractivity contribution in [2.24, 2.45) is 5.73 Å². The molecule has 0 saturated carbocycles. The van der Waals surface area contributed by atoms with Crippen LogP contribution in [0.2, 0.25) is 0 Å². The van der Waals surface area contributed by atoms with E-state index in [0.717, 1.165) is 18.2 Å². The molecule has 1 amide bonds. The van der Waals surface area contributed by atoms with Crippen LogP contribution in [0.4, 0.5) is 13.2 Å². The third kappa shape index (κ3) is 4.22. The van der Waals surface area contributed by atoms with Gasteiger partial charge in [-0.05, 0) is 23.8 Å². The van der Waals surface area contributed by atoms with E-state index in [1.165, 1.54) is 6.08 Å². The number of ether oxygens (including phenoxy) is 1. The second-order valence-corrected chi connectivity index (χ2v) is 4.71. The number of carbonyl (C=O) groups is 2. The van der Waals surface area contributed by atoms with Crippen molar-refractivity contribution in [1.29, 1.82) is 0 Å². The number of alkyl halides is 3. The smallest absolute Gasteiger partial charge is 0.420 e. The minimum atomic E-state index is -4.80. The maximum atomic E-state index is 13.0. The Morgan fingerprint density at radius 3 is 2.25 bits per heavy atom. The Bertz CT molecular complexity index is 783. The molecule has 0 atom stereocenters. The number of hydrogen-bond acceptors (Lipinski definition) is 3. The van der Waals surface area contributed by atoms with Crippen molar-refractivity contribution in [1.82, 2.24) is 0 Å². The molecule has 0 spiro atoms. The summed E-state index contributed by atoms with van der Waals surface area (Å²) in [7, 11) is 0. The van der Waals surface area contributed by atoms with Crippen molar-refractivity contribution in [3.63, 3.8) is 0 Å². The highest BCUT2D eigenvalue weighted by molar-refractivity contribution is 5.98. The molecular formula is C17H12F3NO3. The molecule has 0 saturated heterocycles. The van der Waals surface area contributed by atoms with E-state index in [9.17, 15) is 22.8 Å². The van der Waals surface area contributed by atoms with Gasteiger partial charge in [0.2, 0.25) is 0 Å². The first-order chi connectivity index (χ1) is 11.3. The molecule has 0 unspecified atom stereocenters. The van der Waals surface area contributed by atoms with Crippen molar-refractivity contribution in [2.45, 2.75) is 6.18 Å². The minimum absolute atomic E-state index is 0.522. The average molecular weight is 335 g/mol. The lowest BCUT2D eigenvalue weighted by Crippen LogP contribution is -2.19. The molecule has 0 radical (unpaired) electrons. The van der Waals surface area contributed by atoms with Crippen LogP contribution < -0.4 is 10.5 Å². The normalized spacial score (nSPS) is 11.5. The molecule has 2 N–H and O–H groups in total. The number of hydrogen-bond donors (Lipinski definition) is 1. The van der Waals surface area contributed by atoms with E-state index in [2.05, 4.69) is 0 Å². The number of carbonyl (C=O) groups excluding carboxylic acids is 2. The highest BCUT2D eigenvalue weighted by Crippen LogP contribution is 2.38. The predicted octanol–water partition coefficient (Wildman–Crippen LogP) is 3.42.